The van der Waals surface area contributed by atoms with Crippen LogP contribution in [-0.2, 0) is 6.18 Å². The van der Waals surface area contributed by atoms with E-state index in [1.165, 1.54) is 24.3 Å². The number of nitrogens with zero attached hydrogens (tertiary/aromatic N) is 1. The molecule has 0 radical (unpaired) electrons. The zero-order valence-corrected chi connectivity index (χ0v) is 10.8. The molecule has 108 valence electrons. The van der Waals surface area contributed by atoms with Crippen LogP contribution in [0, 0.1) is 24.1 Å². The molecule has 21 heavy (non-hydrogen) atoms. The summed E-state index contributed by atoms with van der Waals surface area (Å²) < 4.78 is 56.8. The first-order valence-electron chi connectivity index (χ1n) is 5.86. The molecule has 0 saturated carbocycles. The first kappa shape index (κ1) is 14.9. The van der Waals surface area contributed by atoms with E-state index in [1.54, 1.807) is 6.92 Å². The normalized spacial score (nSPS) is 11.0. The van der Waals surface area contributed by atoms with E-state index in [2.05, 4.69) is 0 Å². The highest BCUT2D eigenvalue weighted by atomic mass is 19.4. The molecule has 2 nitrogen and oxygen atoms in total. The molecule has 6 heteroatoms. The summed E-state index contributed by atoms with van der Waals surface area (Å²) >= 11 is 0. The van der Waals surface area contributed by atoms with Crippen LogP contribution >= 0.6 is 0 Å². The van der Waals surface area contributed by atoms with Gasteiger partial charge in [0.1, 0.15) is 17.3 Å². The Balaban J connectivity index is 2.40. The molecule has 0 amide bonds. The minimum Gasteiger partial charge on any atom is -0.457 e. The number of aryl methyl sites for hydroxylation is 1. The van der Waals surface area contributed by atoms with Crippen molar-refractivity contribution in [3.63, 3.8) is 0 Å². The van der Waals surface area contributed by atoms with Gasteiger partial charge in [-0.25, -0.2) is 4.39 Å². The van der Waals surface area contributed by atoms with Gasteiger partial charge in [-0.15, -0.1) is 0 Å². The van der Waals surface area contributed by atoms with Crippen LogP contribution in [0.4, 0.5) is 17.6 Å². The molecule has 0 heterocycles. The van der Waals surface area contributed by atoms with Gasteiger partial charge in [0.25, 0.3) is 0 Å². The van der Waals surface area contributed by atoms with Crippen molar-refractivity contribution in [2.75, 3.05) is 0 Å². The van der Waals surface area contributed by atoms with E-state index in [-0.39, 0.29) is 11.5 Å². The standard InChI is InChI=1S/C15H9F4NO/c1-9-6-11(16)3-5-14(9)21-12-4-2-10(8-20)13(7-12)15(17,18)19/h2-7H,1H3. The second-order valence-electron chi connectivity index (χ2n) is 4.33. The Kier molecular flexibility index (Phi) is 3.85. The third-order valence-corrected chi connectivity index (χ3v) is 2.78. The van der Waals surface area contributed by atoms with Gasteiger partial charge in [-0.3, -0.25) is 0 Å². The maximum Gasteiger partial charge on any atom is 0.417 e. The molecule has 0 spiro atoms. The van der Waals surface area contributed by atoms with Crippen molar-refractivity contribution >= 4 is 0 Å². The van der Waals surface area contributed by atoms with Gasteiger partial charge in [0.2, 0.25) is 0 Å². The summed E-state index contributed by atoms with van der Waals surface area (Å²) in [6.45, 7) is 1.58. The van der Waals surface area contributed by atoms with Gasteiger partial charge >= 0.3 is 6.18 Å². The fourth-order valence-corrected chi connectivity index (χ4v) is 1.77. The van der Waals surface area contributed by atoms with E-state index < -0.39 is 23.1 Å². The van der Waals surface area contributed by atoms with Gasteiger partial charge in [0.15, 0.2) is 0 Å². The monoisotopic (exact) mass is 295 g/mol. The van der Waals surface area contributed by atoms with Crippen LogP contribution in [-0.4, -0.2) is 0 Å². The van der Waals surface area contributed by atoms with E-state index in [4.69, 9.17) is 10.00 Å². The number of hydrogen-bond acceptors (Lipinski definition) is 2. The highest BCUT2D eigenvalue weighted by Crippen LogP contribution is 2.35. The smallest absolute Gasteiger partial charge is 0.417 e. The average molecular weight is 295 g/mol. The second-order valence-corrected chi connectivity index (χ2v) is 4.33. The molecule has 0 aliphatic heterocycles. The predicted molar refractivity (Wildman–Crippen MR) is 67.4 cm³/mol. The molecule has 0 atom stereocenters. The van der Waals surface area contributed by atoms with Crippen molar-refractivity contribution in [3.8, 4) is 17.6 Å². The maximum atomic E-state index is 13.0. The summed E-state index contributed by atoms with van der Waals surface area (Å²) in [5.74, 6) is -0.291. The van der Waals surface area contributed by atoms with Crippen LogP contribution in [0.2, 0.25) is 0 Å². The Hall–Kier alpha value is -2.55. The van der Waals surface area contributed by atoms with Crippen molar-refractivity contribution < 1.29 is 22.3 Å². The third-order valence-electron chi connectivity index (χ3n) is 2.78. The van der Waals surface area contributed by atoms with Crippen LogP contribution in [0.5, 0.6) is 11.5 Å². The zero-order valence-electron chi connectivity index (χ0n) is 10.8. The SMILES string of the molecule is Cc1cc(F)ccc1Oc1ccc(C#N)c(C(F)(F)F)c1. The summed E-state index contributed by atoms with van der Waals surface area (Å²) in [5, 5.41) is 8.70. The van der Waals surface area contributed by atoms with Gasteiger partial charge in [0, 0.05) is 0 Å². The Morgan fingerprint density at radius 2 is 1.81 bits per heavy atom. The van der Waals surface area contributed by atoms with E-state index in [9.17, 15) is 17.6 Å². The van der Waals surface area contributed by atoms with Crippen LogP contribution in [0.15, 0.2) is 36.4 Å². The Morgan fingerprint density at radius 1 is 1.10 bits per heavy atom. The van der Waals surface area contributed by atoms with Gasteiger partial charge in [-0.2, -0.15) is 18.4 Å². The predicted octanol–water partition coefficient (Wildman–Crippen LogP) is 4.82. The van der Waals surface area contributed by atoms with Gasteiger partial charge in [-0.1, -0.05) is 0 Å². The molecule has 0 saturated heterocycles. The lowest BCUT2D eigenvalue weighted by Gasteiger charge is -2.12. The molecule has 0 unspecified atom stereocenters. The highest BCUT2D eigenvalue weighted by molar-refractivity contribution is 5.46. The molecule has 0 aliphatic carbocycles. The number of hydrogen-bond donors (Lipinski definition) is 0. The molecule has 0 bridgehead atoms. The lowest BCUT2D eigenvalue weighted by atomic mass is 10.1. The number of halogens is 4. The minimum absolute atomic E-state index is 0.0731. The fourth-order valence-electron chi connectivity index (χ4n) is 1.77. The second kappa shape index (κ2) is 5.44. The fraction of sp³-hybridized carbons (Fsp3) is 0.133. The Labute approximate surface area is 118 Å². The molecule has 0 aromatic heterocycles. The number of benzene rings is 2. The number of alkyl halides is 3. The average Bonchev–Trinajstić information content (AvgIpc) is 2.41. The maximum absolute atomic E-state index is 13.0. The molecule has 2 rings (SSSR count). The first-order chi connectivity index (χ1) is 9.81. The van der Waals surface area contributed by atoms with Gasteiger partial charge in [0.05, 0.1) is 17.2 Å². The highest BCUT2D eigenvalue weighted by Gasteiger charge is 2.34. The topological polar surface area (TPSA) is 33.0 Å². The summed E-state index contributed by atoms with van der Waals surface area (Å²) in [6, 6.07) is 8.23. The number of ether oxygens (including phenoxy) is 1. The van der Waals surface area contributed by atoms with Crippen LogP contribution in [0.1, 0.15) is 16.7 Å². The quantitative estimate of drug-likeness (QED) is 0.744. The largest absolute Gasteiger partial charge is 0.457 e. The Bertz CT molecular complexity index is 717. The molecule has 2 aromatic carbocycles. The summed E-state index contributed by atoms with van der Waals surface area (Å²) in [7, 11) is 0. The summed E-state index contributed by atoms with van der Waals surface area (Å²) in [6.07, 6.45) is -4.65. The third kappa shape index (κ3) is 3.31. The Morgan fingerprint density at radius 3 is 2.38 bits per heavy atom. The van der Waals surface area contributed by atoms with Crippen LogP contribution in [0.25, 0.3) is 0 Å². The first-order valence-corrected chi connectivity index (χ1v) is 5.86. The number of rotatable bonds is 2. The van der Waals surface area contributed by atoms with Gasteiger partial charge in [-0.05, 0) is 48.9 Å². The molecule has 0 N–H and O–H groups in total. The molecule has 0 aliphatic rings. The van der Waals surface area contributed by atoms with Crippen molar-refractivity contribution in [2.24, 2.45) is 0 Å². The minimum atomic E-state index is -4.65. The van der Waals surface area contributed by atoms with Crippen molar-refractivity contribution in [2.45, 2.75) is 13.1 Å². The lowest BCUT2D eigenvalue weighted by Crippen LogP contribution is -2.08. The van der Waals surface area contributed by atoms with Crippen LogP contribution < -0.4 is 4.74 Å². The summed E-state index contributed by atoms with van der Waals surface area (Å²) in [5.41, 5.74) is -1.10. The van der Waals surface area contributed by atoms with E-state index in [1.807, 2.05) is 0 Å². The summed E-state index contributed by atoms with van der Waals surface area (Å²) in [4.78, 5) is 0. The molecule has 2 aromatic rings. The molecular formula is C15H9F4NO. The van der Waals surface area contributed by atoms with E-state index in [0.717, 1.165) is 18.2 Å². The van der Waals surface area contributed by atoms with Crippen LogP contribution in [0.3, 0.4) is 0 Å². The van der Waals surface area contributed by atoms with Crippen molar-refractivity contribution in [1.29, 1.82) is 5.26 Å². The van der Waals surface area contributed by atoms with Crippen molar-refractivity contribution in [3.05, 3.63) is 58.9 Å². The zero-order chi connectivity index (χ0) is 15.6. The van der Waals surface area contributed by atoms with Crippen molar-refractivity contribution in [1.82, 2.24) is 0 Å². The lowest BCUT2D eigenvalue weighted by molar-refractivity contribution is -0.137. The molecular weight excluding hydrogens is 286 g/mol. The van der Waals surface area contributed by atoms with E-state index in [0.29, 0.717) is 5.56 Å². The van der Waals surface area contributed by atoms with E-state index >= 15 is 0 Å². The number of nitriles is 1. The van der Waals surface area contributed by atoms with Gasteiger partial charge < -0.3 is 4.74 Å². The molecule has 0 fully saturated rings.